The molecule has 0 aromatic carbocycles. The number of rotatable bonds is 5. The average Bonchev–Trinajstić information content (AvgIpc) is 1.96. The summed E-state index contributed by atoms with van der Waals surface area (Å²) in [6.07, 6.45) is 0.688. The summed E-state index contributed by atoms with van der Waals surface area (Å²) in [6, 6.07) is -0.295. The van der Waals surface area contributed by atoms with Crippen LogP contribution in [0.25, 0.3) is 0 Å². The normalized spacial score (nSPS) is 14.6. The molecule has 0 saturated heterocycles. The van der Waals surface area contributed by atoms with E-state index in [2.05, 4.69) is 24.2 Å². The van der Waals surface area contributed by atoms with Crippen molar-refractivity contribution in [2.24, 2.45) is 0 Å². The van der Waals surface area contributed by atoms with Crippen molar-refractivity contribution in [3.63, 3.8) is 0 Å². The molecule has 0 aliphatic rings. The highest BCUT2D eigenvalue weighted by molar-refractivity contribution is 6.73. The predicted octanol–water partition coefficient (Wildman–Crippen LogP) is 2.01. The van der Waals surface area contributed by atoms with Gasteiger partial charge >= 0.3 is 5.97 Å². The van der Waals surface area contributed by atoms with Crippen LogP contribution in [0.2, 0.25) is 19.6 Å². The molecule has 13 heavy (non-hydrogen) atoms. The van der Waals surface area contributed by atoms with Crippen LogP contribution in [0.15, 0.2) is 0 Å². The van der Waals surface area contributed by atoms with E-state index in [1.54, 1.807) is 0 Å². The molecule has 1 atom stereocenters. The van der Waals surface area contributed by atoms with Gasteiger partial charge in [0, 0.05) is 0 Å². The Morgan fingerprint density at radius 2 is 1.85 bits per heavy atom. The summed E-state index contributed by atoms with van der Waals surface area (Å²) in [5.41, 5.74) is 0. The summed E-state index contributed by atoms with van der Waals surface area (Å²) in [6.45, 7) is 11.3. The third kappa shape index (κ3) is 3.48. The predicted molar refractivity (Wildman–Crippen MR) is 57.4 cm³/mol. The fourth-order valence-electron chi connectivity index (χ4n) is 1.69. The van der Waals surface area contributed by atoms with Gasteiger partial charge in [0.15, 0.2) is 0 Å². The van der Waals surface area contributed by atoms with Crippen molar-refractivity contribution in [3.8, 4) is 0 Å². The van der Waals surface area contributed by atoms with Crippen LogP contribution in [0.5, 0.6) is 0 Å². The van der Waals surface area contributed by atoms with Crippen LogP contribution in [-0.4, -0.2) is 36.5 Å². The van der Waals surface area contributed by atoms with Crippen LogP contribution in [0, 0.1) is 0 Å². The van der Waals surface area contributed by atoms with E-state index in [0.717, 1.165) is 6.54 Å². The molecular formula is C9H21NO2Si. The summed E-state index contributed by atoms with van der Waals surface area (Å²) < 4.78 is 2.15. The van der Waals surface area contributed by atoms with Gasteiger partial charge in [0.25, 0.3) is 0 Å². The summed E-state index contributed by atoms with van der Waals surface area (Å²) >= 11 is 0. The maximum Gasteiger partial charge on any atom is 0.320 e. The van der Waals surface area contributed by atoms with Gasteiger partial charge in [0.2, 0.25) is 0 Å². The van der Waals surface area contributed by atoms with Gasteiger partial charge in [-0.1, -0.05) is 33.5 Å². The number of nitrogens with zero attached hydrogens (tertiary/aromatic N) is 1. The van der Waals surface area contributed by atoms with Gasteiger partial charge in [0.05, 0.1) is 0 Å². The van der Waals surface area contributed by atoms with Crippen LogP contribution in [0.3, 0.4) is 0 Å². The minimum atomic E-state index is -1.48. The van der Waals surface area contributed by atoms with Gasteiger partial charge in [-0.05, 0) is 13.0 Å². The van der Waals surface area contributed by atoms with E-state index in [4.69, 9.17) is 5.11 Å². The average molecular weight is 203 g/mol. The molecule has 0 aliphatic heterocycles. The zero-order valence-electron chi connectivity index (χ0n) is 9.29. The molecule has 0 rings (SSSR count). The number of carboxylic acid groups (broad SMARTS) is 1. The number of carbonyl (C=O) groups is 1. The lowest BCUT2D eigenvalue weighted by Gasteiger charge is -2.37. The third-order valence-electron chi connectivity index (χ3n) is 2.25. The maximum atomic E-state index is 11.0. The maximum absolute atomic E-state index is 11.0. The molecule has 78 valence electrons. The molecule has 0 bridgehead atoms. The first kappa shape index (κ1) is 12.6. The highest BCUT2D eigenvalue weighted by atomic mass is 28.3. The Morgan fingerprint density at radius 1 is 1.38 bits per heavy atom. The van der Waals surface area contributed by atoms with Crippen molar-refractivity contribution in [2.45, 2.75) is 46.0 Å². The Balaban J connectivity index is 4.63. The fourth-order valence-corrected chi connectivity index (χ4v) is 3.87. The molecule has 0 amide bonds. The minimum absolute atomic E-state index is 0.295. The molecule has 0 radical (unpaired) electrons. The molecule has 1 N–H and O–H groups in total. The Bertz CT molecular complexity index is 177. The monoisotopic (exact) mass is 203 g/mol. The van der Waals surface area contributed by atoms with Crippen LogP contribution >= 0.6 is 0 Å². The van der Waals surface area contributed by atoms with Crippen LogP contribution in [-0.2, 0) is 4.79 Å². The van der Waals surface area contributed by atoms with Crippen molar-refractivity contribution in [3.05, 3.63) is 0 Å². The number of aliphatic carboxylic acids is 1. The van der Waals surface area contributed by atoms with Gasteiger partial charge < -0.3 is 9.67 Å². The quantitative estimate of drug-likeness (QED) is 0.695. The fraction of sp³-hybridized carbons (Fsp3) is 0.889. The zero-order valence-corrected chi connectivity index (χ0v) is 10.3. The number of hydrogen-bond acceptors (Lipinski definition) is 2. The van der Waals surface area contributed by atoms with Crippen molar-refractivity contribution in [1.29, 1.82) is 0 Å². The van der Waals surface area contributed by atoms with Gasteiger partial charge in [-0.3, -0.25) is 4.79 Å². The Labute approximate surface area is 81.8 Å². The second-order valence-electron chi connectivity index (χ2n) is 4.22. The van der Waals surface area contributed by atoms with E-state index in [1.807, 2.05) is 13.8 Å². The largest absolute Gasteiger partial charge is 0.480 e. The lowest BCUT2D eigenvalue weighted by Crippen LogP contribution is -2.54. The highest BCUT2D eigenvalue weighted by Gasteiger charge is 2.32. The molecule has 0 saturated carbocycles. The van der Waals surface area contributed by atoms with Gasteiger partial charge in [0.1, 0.15) is 14.3 Å². The molecule has 0 aromatic heterocycles. The number of likely N-dealkylation sites (N-methyl/N-ethyl adjacent to an activating group) is 1. The molecule has 4 heteroatoms. The van der Waals surface area contributed by atoms with Crippen LogP contribution in [0.4, 0.5) is 0 Å². The van der Waals surface area contributed by atoms with Crippen molar-refractivity contribution >= 4 is 14.2 Å². The van der Waals surface area contributed by atoms with E-state index >= 15 is 0 Å². The standard InChI is InChI=1S/C9H21NO2Si/c1-6-8(9(11)12)10(7-2)13(3,4)5/h8H,6-7H2,1-5H3,(H,11,12). The van der Waals surface area contributed by atoms with E-state index < -0.39 is 14.2 Å². The molecular weight excluding hydrogens is 182 g/mol. The van der Waals surface area contributed by atoms with Gasteiger partial charge in [-0.15, -0.1) is 0 Å². The van der Waals surface area contributed by atoms with Crippen LogP contribution in [0.1, 0.15) is 20.3 Å². The first-order valence-electron chi connectivity index (χ1n) is 4.84. The SMILES string of the molecule is CCC(C(=O)O)N(CC)[Si](C)(C)C. The molecule has 0 heterocycles. The summed E-state index contributed by atoms with van der Waals surface area (Å²) in [5, 5.41) is 9.02. The molecule has 0 aromatic rings. The van der Waals surface area contributed by atoms with E-state index in [-0.39, 0.29) is 6.04 Å². The Kier molecular flexibility index (Phi) is 4.63. The highest BCUT2D eigenvalue weighted by Crippen LogP contribution is 2.15. The number of hydrogen-bond donors (Lipinski definition) is 1. The van der Waals surface area contributed by atoms with Gasteiger partial charge in [-0.25, -0.2) is 0 Å². The second-order valence-corrected chi connectivity index (χ2v) is 9.14. The number of carboxylic acids is 1. The topological polar surface area (TPSA) is 40.5 Å². The molecule has 1 unspecified atom stereocenters. The summed E-state index contributed by atoms with van der Waals surface area (Å²) in [5.74, 6) is -0.688. The van der Waals surface area contributed by atoms with Crippen LogP contribution < -0.4 is 0 Å². The summed E-state index contributed by atoms with van der Waals surface area (Å²) in [7, 11) is -1.48. The lowest BCUT2D eigenvalue weighted by atomic mass is 10.2. The van der Waals surface area contributed by atoms with Crippen molar-refractivity contribution in [2.75, 3.05) is 6.54 Å². The zero-order chi connectivity index (χ0) is 10.6. The van der Waals surface area contributed by atoms with Crippen molar-refractivity contribution in [1.82, 2.24) is 4.57 Å². The Morgan fingerprint density at radius 3 is 1.92 bits per heavy atom. The molecule has 0 fully saturated rings. The van der Waals surface area contributed by atoms with E-state index in [0.29, 0.717) is 6.42 Å². The smallest absolute Gasteiger partial charge is 0.320 e. The van der Waals surface area contributed by atoms with E-state index in [1.165, 1.54) is 0 Å². The molecule has 3 nitrogen and oxygen atoms in total. The lowest BCUT2D eigenvalue weighted by molar-refractivity contribution is -0.141. The molecule has 0 aliphatic carbocycles. The third-order valence-corrected chi connectivity index (χ3v) is 4.60. The first-order valence-corrected chi connectivity index (χ1v) is 8.28. The first-order chi connectivity index (χ1) is 5.84. The Hall–Kier alpha value is -0.353. The van der Waals surface area contributed by atoms with E-state index in [9.17, 15) is 4.79 Å². The summed E-state index contributed by atoms with van der Waals surface area (Å²) in [4.78, 5) is 11.0. The van der Waals surface area contributed by atoms with Crippen molar-refractivity contribution < 1.29 is 9.90 Å². The minimum Gasteiger partial charge on any atom is -0.480 e. The molecule has 0 spiro atoms. The second kappa shape index (κ2) is 4.76. The van der Waals surface area contributed by atoms with Gasteiger partial charge in [-0.2, -0.15) is 0 Å².